The zero-order chi connectivity index (χ0) is 11.8. The van der Waals surface area contributed by atoms with Gasteiger partial charge >= 0.3 is 0 Å². The van der Waals surface area contributed by atoms with Crippen LogP contribution in [0.3, 0.4) is 0 Å². The van der Waals surface area contributed by atoms with Crippen LogP contribution in [0.4, 0.5) is 5.13 Å². The minimum absolute atomic E-state index is 0.135. The standard InChI is InChI=1S/C8H6BrN3O2S2/c9-5-1-3-6(4-2-5)16(13,14)8-11-7(10)15-12-8/h1-4H,(H2,10,11,12). The monoisotopic (exact) mass is 319 g/mol. The van der Waals surface area contributed by atoms with Gasteiger partial charge < -0.3 is 5.73 Å². The molecule has 0 radical (unpaired) electrons. The van der Waals surface area contributed by atoms with Crippen LogP contribution in [-0.4, -0.2) is 17.8 Å². The van der Waals surface area contributed by atoms with Crippen LogP contribution < -0.4 is 5.73 Å². The summed E-state index contributed by atoms with van der Waals surface area (Å²) in [4.78, 5) is 3.81. The van der Waals surface area contributed by atoms with Crippen LogP contribution in [-0.2, 0) is 9.84 Å². The molecule has 0 saturated carbocycles. The van der Waals surface area contributed by atoms with Crippen molar-refractivity contribution in [3.05, 3.63) is 28.7 Å². The Morgan fingerprint density at radius 2 is 1.88 bits per heavy atom. The van der Waals surface area contributed by atoms with Gasteiger partial charge in [-0.05, 0) is 24.3 Å². The Morgan fingerprint density at radius 1 is 1.25 bits per heavy atom. The van der Waals surface area contributed by atoms with Gasteiger partial charge in [-0.2, -0.15) is 9.36 Å². The number of halogens is 1. The van der Waals surface area contributed by atoms with Crippen molar-refractivity contribution in [1.29, 1.82) is 0 Å². The highest BCUT2D eigenvalue weighted by Crippen LogP contribution is 2.22. The van der Waals surface area contributed by atoms with Crippen molar-refractivity contribution in [1.82, 2.24) is 9.36 Å². The maximum absolute atomic E-state index is 12.0. The first-order chi connectivity index (χ1) is 7.50. The van der Waals surface area contributed by atoms with E-state index < -0.39 is 9.84 Å². The predicted octanol–water partition coefficient (Wildman–Crippen LogP) is 1.72. The number of rotatable bonds is 2. The Morgan fingerprint density at radius 3 is 2.38 bits per heavy atom. The Balaban J connectivity index is 2.51. The van der Waals surface area contributed by atoms with Crippen molar-refractivity contribution >= 4 is 42.4 Å². The number of benzene rings is 1. The lowest BCUT2D eigenvalue weighted by Crippen LogP contribution is -2.04. The number of aromatic nitrogens is 2. The van der Waals surface area contributed by atoms with Gasteiger partial charge in [0.1, 0.15) is 0 Å². The predicted molar refractivity (Wildman–Crippen MR) is 63.9 cm³/mol. The second kappa shape index (κ2) is 4.11. The van der Waals surface area contributed by atoms with E-state index in [2.05, 4.69) is 25.3 Å². The van der Waals surface area contributed by atoms with E-state index in [-0.39, 0.29) is 15.2 Å². The number of anilines is 1. The van der Waals surface area contributed by atoms with Gasteiger partial charge in [0, 0.05) is 16.0 Å². The maximum Gasteiger partial charge on any atom is 0.265 e. The van der Waals surface area contributed by atoms with E-state index in [1.54, 1.807) is 12.1 Å². The molecule has 0 atom stereocenters. The van der Waals surface area contributed by atoms with Gasteiger partial charge in [0.05, 0.1) is 4.90 Å². The lowest BCUT2D eigenvalue weighted by molar-refractivity contribution is 0.589. The fourth-order valence-corrected chi connectivity index (χ4v) is 3.14. The third kappa shape index (κ3) is 2.08. The lowest BCUT2D eigenvalue weighted by Gasteiger charge is -1.99. The third-order valence-corrected chi connectivity index (χ3v) is 4.53. The van der Waals surface area contributed by atoms with E-state index in [0.29, 0.717) is 0 Å². The molecule has 0 bridgehead atoms. The molecule has 2 aromatic rings. The fourth-order valence-electron chi connectivity index (χ4n) is 1.05. The first kappa shape index (κ1) is 11.5. The Bertz CT molecular complexity index is 606. The molecule has 0 amide bonds. The van der Waals surface area contributed by atoms with Crippen LogP contribution in [0.1, 0.15) is 0 Å². The van der Waals surface area contributed by atoms with E-state index in [9.17, 15) is 8.42 Å². The van der Waals surface area contributed by atoms with Crippen LogP contribution in [0.15, 0.2) is 38.8 Å². The molecule has 0 fully saturated rings. The van der Waals surface area contributed by atoms with Crippen molar-refractivity contribution in [3.63, 3.8) is 0 Å². The summed E-state index contributed by atoms with van der Waals surface area (Å²) in [6.07, 6.45) is 0. The first-order valence-electron chi connectivity index (χ1n) is 4.10. The molecule has 1 heterocycles. The van der Waals surface area contributed by atoms with E-state index in [4.69, 9.17) is 5.73 Å². The molecule has 0 unspecified atom stereocenters. The van der Waals surface area contributed by atoms with Crippen molar-refractivity contribution in [2.75, 3.05) is 5.73 Å². The van der Waals surface area contributed by atoms with Crippen LogP contribution in [0.25, 0.3) is 0 Å². The molecule has 2 N–H and O–H groups in total. The molecule has 0 aliphatic rings. The summed E-state index contributed by atoms with van der Waals surface area (Å²) in [7, 11) is -3.65. The van der Waals surface area contributed by atoms with E-state index in [1.807, 2.05) is 0 Å². The van der Waals surface area contributed by atoms with Crippen molar-refractivity contribution in [3.8, 4) is 0 Å². The van der Waals surface area contributed by atoms with Gasteiger partial charge in [-0.15, -0.1) is 0 Å². The van der Waals surface area contributed by atoms with Crippen molar-refractivity contribution < 1.29 is 8.42 Å². The highest BCUT2D eigenvalue weighted by atomic mass is 79.9. The second-order valence-electron chi connectivity index (χ2n) is 2.87. The number of sulfone groups is 1. The largest absolute Gasteiger partial charge is 0.374 e. The minimum atomic E-state index is -3.65. The van der Waals surface area contributed by atoms with Gasteiger partial charge in [-0.1, -0.05) is 15.9 Å². The average molecular weight is 320 g/mol. The lowest BCUT2D eigenvalue weighted by atomic mass is 10.4. The minimum Gasteiger partial charge on any atom is -0.374 e. The van der Waals surface area contributed by atoms with Gasteiger partial charge in [0.15, 0.2) is 0 Å². The molecular formula is C8H6BrN3O2S2. The SMILES string of the molecule is Nc1nc(S(=O)(=O)c2ccc(Br)cc2)ns1. The summed E-state index contributed by atoms with van der Waals surface area (Å²) < 4.78 is 28.4. The van der Waals surface area contributed by atoms with Gasteiger partial charge in [-0.25, -0.2) is 8.42 Å². The summed E-state index contributed by atoms with van der Waals surface area (Å²) in [6, 6.07) is 6.25. The smallest absolute Gasteiger partial charge is 0.265 e. The summed E-state index contributed by atoms with van der Waals surface area (Å²) in [5.74, 6) is 0. The molecule has 16 heavy (non-hydrogen) atoms. The van der Waals surface area contributed by atoms with Crippen LogP contribution in [0, 0.1) is 0 Å². The van der Waals surface area contributed by atoms with Gasteiger partial charge in [0.2, 0.25) is 15.0 Å². The number of nitrogens with two attached hydrogens (primary N) is 1. The summed E-state index contributed by atoms with van der Waals surface area (Å²) in [5, 5.41) is -0.118. The van der Waals surface area contributed by atoms with Crippen molar-refractivity contribution in [2.24, 2.45) is 0 Å². The molecule has 0 spiro atoms. The molecule has 0 aliphatic carbocycles. The topological polar surface area (TPSA) is 85.9 Å². The fraction of sp³-hybridized carbons (Fsp3) is 0. The molecule has 2 rings (SSSR count). The van der Waals surface area contributed by atoms with E-state index >= 15 is 0 Å². The summed E-state index contributed by atoms with van der Waals surface area (Å²) in [6.45, 7) is 0. The first-order valence-corrected chi connectivity index (χ1v) is 7.15. The van der Waals surface area contributed by atoms with Crippen LogP contribution in [0.5, 0.6) is 0 Å². The zero-order valence-corrected chi connectivity index (χ0v) is 11.0. The Labute approximate surface area is 105 Å². The normalized spacial score (nSPS) is 11.6. The third-order valence-electron chi connectivity index (χ3n) is 1.79. The van der Waals surface area contributed by atoms with Gasteiger partial charge in [0.25, 0.3) is 5.16 Å². The highest BCUT2D eigenvalue weighted by Gasteiger charge is 2.22. The van der Waals surface area contributed by atoms with E-state index in [1.165, 1.54) is 12.1 Å². The number of hydrogen-bond donors (Lipinski definition) is 1. The quantitative estimate of drug-likeness (QED) is 0.910. The van der Waals surface area contributed by atoms with Gasteiger partial charge in [-0.3, -0.25) is 0 Å². The Hall–Kier alpha value is -0.990. The zero-order valence-electron chi connectivity index (χ0n) is 7.79. The average Bonchev–Trinajstić information content (AvgIpc) is 2.66. The molecule has 1 aromatic heterocycles. The molecule has 84 valence electrons. The number of nitrogens with zero attached hydrogens (tertiary/aromatic N) is 2. The summed E-state index contributed by atoms with van der Waals surface area (Å²) >= 11 is 4.09. The highest BCUT2D eigenvalue weighted by molar-refractivity contribution is 9.10. The molecular weight excluding hydrogens is 314 g/mol. The molecule has 0 aliphatic heterocycles. The molecule has 1 aromatic carbocycles. The Kier molecular flexibility index (Phi) is 2.96. The molecule has 0 saturated heterocycles. The van der Waals surface area contributed by atoms with Crippen LogP contribution in [0.2, 0.25) is 0 Å². The molecule has 5 nitrogen and oxygen atoms in total. The summed E-state index contributed by atoms with van der Waals surface area (Å²) in [5.41, 5.74) is 5.35. The van der Waals surface area contributed by atoms with Crippen molar-refractivity contribution in [2.45, 2.75) is 10.1 Å². The van der Waals surface area contributed by atoms with E-state index in [0.717, 1.165) is 16.0 Å². The molecule has 8 heteroatoms. The number of hydrogen-bond acceptors (Lipinski definition) is 6. The maximum atomic E-state index is 12.0. The number of nitrogen functional groups attached to an aromatic ring is 1. The second-order valence-corrected chi connectivity index (χ2v) is 6.42. The van der Waals surface area contributed by atoms with Crippen LogP contribution >= 0.6 is 27.5 Å².